The van der Waals surface area contributed by atoms with Crippen molar-refractivity contribution in [2.75, 3.05) is 5.73 Å². The van der Waals surface area contributed by atoms with E-state index < -0.39 is 17.9 Å². The van der Waals surface area contributed by atoms with Crippen LogP contribution >= 0.6 is 15.9 Å². The number of rotatable bonds is 3. The van der Waals surface area contributed by atoms with Crippen LogP contribution in [0.15, 0.2) is 27.9 Å². The van der Waals surface area contributed by atoms with Crippen LogP contribution in [0.5, 0.6) is 11.5 Å². The molecule has 0 radical (unpaired) electrons. The van der Waals surface area contributed by atoms with Crippen molar-refractivity contribution in [2.45, 2.75) is 13.3 Å². The zero-order chi connectivity index (χ0) is 16.5. The Morgan fingerprint density at radius 1 is 1.45 bits per heavy atom. The van der Waals surface area contributed by atoms with Crippen molar-refractivity contribution in [3.05, 3.63) is 34.1 Å². The third kappa shape index (κ3) is 3.91. The molecule has 22 heavy (non-hydrogen) atoms. The molecule has 1 aromatic heterocycles. The van der Waals surface area contributed by atoms with Crippen molar-refractivity contribution in [1.29, 1.82) is 0 Å². The SMILES string of the molecule is Cc1cn(N=Cc2cc(Br)cc(OC(F)(F)F)c2O)c(N)n1. The molecule has 0 spiro atoms. The molecule has 0 atom stereocenters. The van der Waals surface area contributed by atoms with Crippen molar-refractivity contribution < 1.29 is 23.0 Å². The average Bonchev–Trinajstić information content (AvgIpc) is 2.68. The number of benzene rings is 1. The first-order valence-corrected chi connectivity index (χ1v) is 6.59. The van der Waals surface area contributed by atoms with Crippen LogP contribution in [0.25, 0.3) is 0 Å². The first kappa shape index (κ1) is 16.1. The fourth-order valence-corrected chi connectivity index (χ4v) is 2.07. The van der Waals surface area contributed by atoms with Gasteiger partial charge in [-0.05, 0) is 19.1 Å². The first-order valence-electron chi connectivity index (χ1n) is 5.80. The molecule has 118 valence electrons. The second-order valence-corrected chi connectivity index (χ2v) is 5.13. The van der Waals surface area contributed by atoms with Crippen LogP contribution in [0.1, 0.15) is 11.3 Å². The summed E-state index contributed by atoms with van der Waals surface area (Å²) in [4.78, 5) is 3.91. The minimum atomic E-state index is -4.92. The maximum Gasteiger partial charge on any atom is 0.573 e. The Bertz CT molecular complexity index is 728. The number of aryl methyl sites for hydroxylation is 1. The van der Waals surface area contributed by atoms with Crippen LogP contribution in [0.4, 0.5) is 19.1 Å². The van der Waals surface area contributed by atoms with E-state index in [2.05, 4.69) is 30.8 Å². The normalized spacial score (nSPS) is 12.0. The van der Waals surface area contributed by atoms with Gasteiger partial charge in [-0.2, -0.15) is 5.10 Å². The van der Waals surface area contributed by atoms with E-state index in [0.717, 1.165) is 12.3 Å². The predicted octanol–water partition coefficient (Wildman–Crippen LogP) is 3.02. The molecule has 0 aliphatic heterocycles. The van der Waals surface area contributed by atoms with Gasteiger partial charge in [0, 0.05) is 10.0 Å². The monoisotopic (exact) mass is 378 g/mol. The number of alkyl halides is 3. The standard InChI is InChI=1S/C12H10BrF3N4O2/c1-6-5-20(11(17)19-6)18-4-7-2-8(13)3-9(10(7)21)22-12(14,15)16/h2-5,21H,1H3,(H2,17,19). The largest absolute Gasteiger partial charge is 0.573 e. The number of nitrogen functional groups attached to an aromatic ring is 1. The molecule has 0 aliphatic carbocycles. The van der Waals surface area contributed by atoms with E-state index in [1.807, 2.05) is 0 Å². The number of nitrogens with two attached hydrogens (primary N) is 1. The van der Waals surface area contributed by atoms with Crippen LogP contribution in [0.2, 0.25) is 0 Å². The number of halogens is 4. The van der Waals surface area contributed by atoms with Gasteiger partial charge in [-0.1, -0.05) is 15.9 Å². The maximum absolute atomic E-state index is 12.3. The Hall–Kier alpha value is -2.23. The summed E-state index contributed by atoms with van der Waals surface area (Å²) < 4.78 is 42.1. The summed E-state index contributed by atoms with van der Waals surface area (Å²) in [5.74, 6) is -1.33. The third-order valence-corrected chi connectivity index (χ3v) is 2.91. The predicted molar refractivity (Wildman–Crippen MR) is 76.9 cm³/mol. The molecule has 0 saturated carbocycles. The molecule has 0 amide bonds. The lowest BCUT2D eigenvalue weighted by molar-refractivity contribution is -0.275. The van der Waals surface area contributed by atoms with Crippen LogP contribution in [-0.2, 0) is 0 Å². The number of aromatic nitrogens is 2. The van der Waals surface area contributed by atoms with Crippen LogP contribution in [0, 0.1) is 6.92 Å². The Morgan fingerprint density at radius 3 is 2.68 bits per heavy atom. The van der Waals surface area contributed by atoms with Gasteiger partial charge in [0.05, 0.1) is 18.1 Å². The van der Waals surface area contributed by atoms with Gasteiger partial charge < -0.3 is 15.6 Å². The van der Waals surface area contributed by atoms with Gasteiger partial charge in [0.15, 0.2) is 11.5 Å². The highest BCUT2D eigenvalue weighted by Crippen LogP contribution is 2.36. The molecular weight excluding hydrogens is 369 g/mol. The fourth-order valence-electron chi connectivity index (χ4n) is 1.62. The number of hydrogen-bond acceptors (Lipinski definition) is 5. The van der Waals surface area contributed by atoms with Gasteiger partial charge in [0.25, 0.3) is 0 Å². The van der Waals surface area contributed by atoms with Crippen molar-refractivity contribution in [2.24, 2.45) is 5.10 Å². The average molecular weight is 379 g/mol. The molecule has 2 rings (SSSR count). The highest BCUT2D eigenvalue weighted by Gasteiger charge is 2.32. The third-order valence-electron chi connectivity index (χ3n) is 2.45. The molecule has 0 bridgehead atoms. The smallest absolute Gasteiger partial charge is 0.504 e. The zero-order valence-electron chi connectivity index (χ0n) is 11.1. The van der Waals surface area contributed by atoms with Gasteiger partial charge in [0.1, 0.15) is 0 Å². The summed E-state index contributed by atoms with van der Waals surface area (Å²) in [6.07, 6.45) is -2.26. The second-order valence-electron chi connectivity index (χ2n) is 4.22. The molecule has 0 unspecified atom stereocenters. The van der Waals surface area contributed by atoms with Crippen molar-refractivity contribution in [1.82, 2.24) is 9.66 Å². The topological polar surface area (TPSA) is 85.7 Å². The Kier molecular flexibility index (Phi) is 4.31. The van der Waals surface area contributed by atoms with E-state index in [-0.39, 0.29) is 16.0 Å². The number of phenols is 1. The number of imidazole rings is 1. The number of nitrogens with zero attached hydrogens (tertiary/aromatic N) is 3. The number of ether oxygens (including phenoxy) is 1. The summed E-state index contributed by atoms with van der Waals surface area (Å²) in [6.45, 7) is 1.70. The van der Waals surface area contributed by atoms with E-state index in [4.69, 9.17) is 5.73 Å². The Morgan fingerprint density at radius 2 is 2.14 bits per heavy atom. The van der Waals surface area contributed by atoms with Gasteiger partial charge in [0.2, 0.25) is 5.95 Å². The summed E-state index contributed by atoms with van der Waals surface area (Å²) in [5, 5.41) is 13.8. The first-order chi connectivity index (χ1) is 10.2. The number of anilines is 1. The fraction of sp³-hybridized carbons (Fsp3) is 0.167. The zero-order valence-corrected chi connectivity index (χ0v) is 12.7. The lowest BCUT2D eigenvalue weighted by Crippen LogP contribution is -2.17. The molecule has 1 heterocycles. The van der Waals surface area contributed by atoms with Gasteiger partial charge >= 0.3 is 6.36 Å². The molecule has 6 nitrogen and oxygen atoms in total. The molecule has 1 aromatic carbocycles. The molecule has 3 N–H and O–H groups in total. The molecule has 0 fully saturated rings. The summed E-state index contributed by atoms with van der Waals surface area (Å²) in [6, 6.07) is 2.37. The van der Waals surface area contributed by atoms with Crippen molar-refractivity contribution in [3.8, 4) is 11.5 Å². The molecule has 0 saturated heterocycles. The minimum Gasteiger partial charge on any atom is -0.504 e. The quantitative estimate of drug-likeness (QED) is 0.803. The number of phenolic OH excluding ortho intramolecular Hbond substituents is 1. The summed E-state index contributed by atoms with van der Waals surface area (Å²) in [5.41, 5.74) is 6.21. The molecule has 2 aromatic rings. The van der Waals surface area contributed by atoms with Gasteiger partial charge in [-0.25, -0.2) is 9.66 Å². The van der Waals surface area contributed by atoms with E-state index in [0.29, 0.717) is 5.69 Å². The maximum atomic E-state index is 12.3. The van der Waals surface area contributed by atoms with Gasteiger partial charge in [-0.15, -0.1) is 13.2 Å². The number of aromatic hydroxyl groups is 1. The minimum absolute atomic E-state index is 0.0133. The highest BCUT2D eigenvalue weighted by atomic mass is 79.9. The van der Waals surface area contributed by atoms with Crippen molar-refractivity contribution in [3.63, 3.8) is 0 Å². The highest BCUT2D eigenvalue weighted by molar-refractivity contribution is 9.10. The van der Waals surface area contributed by atoms with Crippen LogP contribution in [-0.4, -0.2) is 27.3 Å². The van der Waals surface area contributed by atoms with Crippen LogP contribution < -0.4 is 10.5 Å². The number of hydrogen-bond donors (Lipinski definition) is 2. The summed E-state index contributed by atoms with van der Waals surface area (Å²) in [7, 11) is 0. The Balaban J connectivity index is 2.37. The van der Waals surface area contributed by atoms with E-state index in [9.17, 15) is 18.3 Å². The lowest BCUT2D eigenvalue weighted by Gasteiger charge is -2.12. The van der Waals surface area contributed by atoms with E-state index >= 15 is 0 Å². The lowest BCUT2D eigenvalue weighted by atomic mass is 10.2. The van der Waals surface area contributed by atoms with E-state index in [1.165, 1.54) is 16.9 Å². The van der Waals surface area contributed by atoms with E-state index in [1.54, 1.807) is 6.92 Å². The molecule has 0 aliphatic rings. The summed E-state index contributed by atoms with van der Waals surface area (Å²) >= 11 is 3.04. The molecule has 10 heteroatoms. The Labute approximate surface area is 131 Å². The molecular formula is C12H10BrF3N4O2. The second kappa shape index (κ2) is 5.87. The van der Waals surface area contributed by atoms with Crippen LogP contribution in [0.3, 0.4) is 0 Å². The van der Waals surface area contributed by atoms with Gasteiger partial charge in [-0.3, -0.25) is 0 Å². The van der Waals surface area contributed by atoms with Crippen molar-refractivity contribution >= 4 is 28.1 Å².